The number of benzene rings is 2. The number of carbonyl (C=O) groups is 2. The number of halogens is 1. The second-order valence-corrected chi connectivity index (χ2v) is 5.42. The molecule has 0 radical (unpaired) electrons. The van der Waals surface area contributed by atoms with E-state index >= 15 is 0 Å². The van der Waals surface area contributed by atoms with Crippen LogP contribution in [0.25, 0.3) is 0 Å². The van der Waals surface area contributed by atoms with Gasteiger partial charge in [0.15, 0.2) is 5.60 Å². The molecule has 2 aromatic rings. The molecule has 22 heavy (non-hydrogen) atoms. The number of anilines is 2. The molecular formula is C16H11FN2O3. The average Bonchev–Trinajstić information content (AvgIpc) is 2.95. The summed E-state index contributed by atoms with van der Waals surface area (Å²) in [6, 6.07) is 10.5. The second kappa shape index (κ2) is 4.14. The monoisotopic (exact) mass is 298 g/mol. The summed E-state index contributed by atoms with van der Waals surface area (Å²) in [6.07, 6.45) is 0. The SMILES string of the molecule is O=C1Nc2ccccc2C1C1(O)C(=O)Nc2ccc(F)cc21. The topological polar surface area (TPSA) is 78.4 Å². The maximum atomic E-state index is 13.6. The molecule has 2 amide bonds. The molecule has 3 N–H and O–H groups in total. The Morgan fingerprint density at radius 2 is 1.82 bits per heavy atom. The van der Waals surface area contributed by atoms with E-state index in [1.807, 2.05) is 0 Å². The van der Waals surface area contributed by atoms with Gasteiger partial charge in [0, 0.05) is 16.9 Å². The molecule has 0 saturated heterocycles. The maximum Gasteiger partial charge on any atom is 0.262 e. The number of aliphatic hydroxyl groups is 1. The van der Waals surface area contributed by atoms with Gasteiger partial charge in [0.2, 0.25) is 5.91 Å². The quantitative estimate of drug-likeness (QED) is 0.750. The third-order valence-electron chi connectivity index (χ3n) is 4.20. The van der Waals surface area contributed by atoms with E-state index in [2.05, 4.69) is 10.6 Å². The highest BCUT2D eigenvalue weighted by molar-refractivity contribution is 6.13. The molecule has 0 aromatic heterocycles. The summed E-state index contributed by atoms with van der Waals surface area (Å²) in [5, 5.41) is 16.2. The fraction of sp³-hybridized carbons (Fsp3) is 0.125. The summed E-state index contributed by atoms with van der Waals surface area (Å²) in [5.41, 5.74) is -0.681. The lowest BCUT2D eigenvalue weighted by Crippen LogP contribution is -2.43. The number of rotatable bonds is 1. The number of fused-ring (bicyclic) bond motifs is 2. The number of nitrogens with one attached hydrogen (secondary N) is 2. The summed E-state index contributed by atoms with van der Waals surface area (Å²) >= 11 is 0. The summed E-state index contributed by atoms with van der Waals surface area (Å²) < 4.78 is 13.6. The van der Waals surface area contributed by atoms with Gasteiger partial charge in [-0.25, -0.2) is 4.39 Å². The van der Waals surface area contributed by atoms with Gasteiger partial charge in [-0.05, 0) is 29.8 Å². The van der Waals surface area contributed by atoms with Crippen LogP contribution in [-0.2, 0) is 15.2 Å². The predicted octanol–water partition coefficient (Wildman–Crippen LogP) is 1.70. The summed E-state index contributed by atoms with van der Waals surface area (Å²) in [5.74, 6) is -2.92. The van der Waals surface area contributed by atoms with Crippen LogP contribution in [0.2, 0.25) is 0 Å². The molecular weight excluding hydrogens is 287 g/mol. The molecule has 2 aromatic carbocycles. The Hall–Kier alpha value is -2.73. The third-order valence-corrected chi connectivity index (χ3v) is 4.20. The first kappa shape index (κ1) is 13.0. The normalized spacial score (nSPS) is 25.5. The maximum absolute atomic E-state index is 13.6. The van der Waals surface area contributed by atoms with Gasteiger partial charge in [0.25, 0.3) is 5.91 Å². The van der Waals surface area contributed by atoms with Crippen LogP contribution in [0.5, 0.6) is 0 Å². The van der Waals surface area contributed by atoms with Gasteiger partial charge in [-0.3, -0.25) is 9.59 Å². The Morgan fingerprint density at radius 1 is 1.05 bits per heavy atom. The first-order valence-electron chi connectivity index (χ1n) is 6.75. The predicted molar refractivity (Wildman–Crippen MR) is 76.7 cm³/mol. The Morgan fingerprint density at radius 3 is 2.64 bits per heavy atom. The molecule has 2 atom stereocenters. The minimum Gasteiger partial charge on any atom is -0.374 e. The van der Waals surface area contributed by atoms with E-state index in [1.54, 1.807) is 24.3 Å². The van der Waals surface area contributed by atoms with E-state index in [4.69, 9.17) is 0 Å². The van der Waals surface area contributed by atoms with Crippen molar-refractivity contribution in [3.8, 4) is 0 Å². The number of hydrogen-bond acceptors (Lipinski definition) is 3. The number of carbonyl (C=O) groups excluding carboxylic acids is 2. The van der Waals surface area contributed by atoms with E-state index in [0.29, 0.717) is 16.9 Å². The van der Waals surface area contributed by atoms with Gasteiger partial charge in [-0.15, -0.1) is 0 Å². The fourth-order valence-corrected chi connectivity index (χ4v) is 3.19. The zero-order valence-corrected chi connectivity index (χ0v) is 11.3. The molecule has 110 valence electrons. The lowest BCUT2D eigenvalue weighted by atomic mass is 9.78. The van der Waals surface area contributed by atoms with Crippen LogP contribution >= 0.6 is 0 Å². The van der Waals surface area contributed by atoms with Crippen molar-refractivity contribution in [2.75, 3.05) is 10.6 Å². The van der Waals surface area contributed by atoms with Gasteiger partial charge in [0.1, 0.15) is 11.7 Å². The molecule has 2 heterocycles. The Labute approximate surface area is 124 Å². The van der Waals surface area contributed by atoms with Crippen molar-refractivity contribution in [3.63, 3.8) is 0 Å². The first-order chi connectivity index (χ1) is 10.5. The van der Waals surface area contributed by atoms with Crippen molar-refractivity contribution in [2.45, 2.75) is 11.5 Å². The van der Waals surface area contributed by atoms with Crippen LogP contribution in [-0.4, -0.2) is 16.9 Å². The molecule has 0 bridgehead atoms. The van der Waals surface area contributed by atoms with Gasteiger partial charge >= 0.3 is 0 Å². The van der Waals surface area contributed by atoms with Gasteiger partial charge in [-0.2, -0.15) is 0 Å². The van der Waals surface area contributed by atoms with E-state index in [1.165, 1.54) is 12.1 Å². The summed E-state index contributed by atoms with van der Waals surface area (Å²) in [6.45, 7) is 0. The van der Waals surface area contributed by atoms with E-state index < -0.39 is 29.2 Å². The number of para-hydroxylation sites is 1. The van der Waals surface area contributed by atoms with Gasteiger partial charge in [0.05, 0.1) is 0 Å². The largest absolute Gasteiger partial charge is 0.374 e. The Balaban J connectivity index is 1.95. The molecule has 2 aliphatic rings. The highest BCUT2D eigenvalue weighted by Crippen LogP contribution is 2.49. The minimum absolute atomic E-state index is 0.0781. The van der Waals surface area contributed by atoms with Crippen LogP contribution in [0.1, 0.15) is 17.0 Å². The summed E-state index contributed by atoms with van der Waals surface area (Å²) in [4.78, 5) is 24.7. The molecule has 4 rings (SSSR count). The zero-order valence-electron chi connectivity index (χ0n) is 11.3. The Bertz CT molecular complexity index is 836. The third kappa shape index (κ3) is 1.50. The smallest absolute Gasteiger partial charge is 0.262 e. The standard InChI is InChI=1S/C16H11FN2O3/c17-8-5-6-12-10(7-8)16(22,15(21)19-12)13-9-3-1-2-4-11(9)18-14(13)20/h1-7,13,22H,(H,18,20)(H,19,21). The van der Waals surface area contributed by atoms with E-state index in [9.17, 15) is 19.1 Å². The second-order valence-electron chi connectivity index (χ2n) is 5.42. The minimum atomic E-state index is -2.13. The fourth-order valence-electron chi connectivity index (χ4n) is 3.19. The molecule has 5 nitrogen and oxygen atoms in total. The highest BCUT2D eigenvalue weighted by atomic mass is 19.1. The molecule has 2 aliphatic heterocycles. The highest BCUT2D eigenvalue weighted by Gasteiger charge is 2.57. The van der Waals surface area contributed by atoms with Crippen LogP contribution < -0.4 is 10.6 Å². The van der Waals surface area contributed by atoms with Crippen molar-refractivity contribution < 1.29 is 19.1 Å². The van der Waals surface area contributed by atoms with Crippen molar-refractivity contribution in [2.24, 2.45) is 0 Å². The molecule has 0 saturated carbocycles. The van der Waals surface area contributed by atoms with Gasteiger partial charge < -0.3 is 15.7 Å². The molecule has 0 aliphatic carbocycles. The van der Waals surface area contributed by atoms with E-state index in [-0.39, 0.29) is 5.56 Å². The van der Waals surface area contributed by atoms with Crippen molar-refractivity contribution in [3.05, 3.63) is 59.4 Å². The van der Waals surface area contributed by atoms with Crippen molar-refractivity contribution in [1.29, 1.82) is 0 Å². The van der Waals surface area contributed by atoms with Crippen LogP contribution in [0, 0.1) is 5.82 Å². The number of amides is 2. The zero-order chi connectivity index (χ0) is 15.5. The lowest BCUT2D eigenvalue weighted by Gasteiger charge is -2.26. The molecule has 0 fully saturated rings. The average molecular weight is 298 g/mol. The molecule has 6 heteroatoms. The molecule has 0 spiro atoms. The van der Waals surface area contributed by atoms with Crippen molar-refractivity contribution >= 4 is 23.2 Å². The van der Waals surface area contributed by atoms with Crippen LogP contribution in [0.4, 0.5) is 15.8 Å². The molecule has 2 unspecified atom stereocenters. The van der Waals surface area contributed by atoms with Crippen LogP contribution in [0.15, 0.2) is 42.5 Å². The van der Waals surface area contributed by atoms with Crippen LogP contribution in [0.3, 0.4) is 0 Å². The van der Waals surface area contributed by atoms with Gasteiger partial charge in [-0.1, -0.05) is 18.2 Å². The first-order valence-corrected chi connectivity index (χ1v) is 6.75. The van der Waals surface area contributed by atoms with E-state index in [0.717, 1.165) is 6.07 Å². The lowest BCUT2D eigenvalue weighted by molar-refractivity contribution is -0.141. The Kier molecular flexibility index (Phi) is 2.44. The van der Waals surface area contributed by atoms with Crippen molar-refractivity contribution in [1.82, 2.24) is 0 Å². The number of hydrogen-bond donors (Lipinski definition) is 3. The summed E-state index contributed by atoms with van der Waals surface area (Å²) in [7, 11) is 0.